The molecule has 0 amide bonds. The fourth-order valence-electron chi connectivity index (χ4n) is 4.85. The van der Waals surface area contributed by atoms with Crippen LogP contribution < -0.4 is 5.73 Å². The average molecular weight is 278 g/mol. The first-order valence-corrected chi connectivity index (χ1v) is 9.29. The van der Waals surface area contributed by atoms with Gasteiger partial charge in [-0.3, -0.25) is 4.90 Å². The molecule has 0 saturated heterocycles. The predicted molar refractivity (Wildman–Crippen MR) is 85.7 cm³/mol. The maximum absolute atomic E-state index is 6.10. The molecule has 3 fully saturated rings. The molecule has 0 bridgehead atoms. The molecule has 2 atom stereocenters. The lowest BCUT2D eigenvalue weighted by Crippen LogP contribution is -2.48. The zero-order valence-electron chi connectivity index (χ0n) is 13.4. The van der Waals surface area contributed by atoms with E-state index in [1.54, 1.807) is 0 Å². The molecule has 3 saturated carbocycles. The summed E-state index contributed by atoms with van der Waals surface area (Å²) in [6.07, 6.45) is 15.6. The number of nitrogens with two attached hydrogens (primary N) is 1. The van der Waals surface area contributed by atoms with Crippen LogP contribution in [0.1, 0.15) is 77.6 Å². The molecule has 116 valence electrons. The number of rotatable bonds is 5. The molecule has 3 aliphatic carbocycles. The molecule has 2 nitrogen and oxygen atoms in total. The van der Waals surface area contributed by atoms with Gasteiger partial charge in [-0.2, -0.15) is 0 Å². The molecular weight excluding hydrogens is 244 g/mol. The molecule has 0 aromatic carbocycles. The summed E-state index contributed by atoms with van der Waals surface area (Å²) in [5.41, 5.74) is 6.10. The van der Waals surface area contributed by atoms with Gasteiger partial charge < -0.3 is 5.73 Å². The first kappa shape index (κ1) is 14.8. The van der Waals surface area contributed by atoms with Crippen LogP contribution in [0.2, 0.25) is 0 Å². The van der Waals surface area contributed by atoms with Gasteiger partial charge in [0.05, 0.1) is 0 Å². The Bertz CT molecular complexity index is 292. The Labute approximate surface area is 125 Å². The minimum Gasteiger partial charge on any atom is -0.328 e. The van der Waals surface area contributed by atoms with E-state index in [9.17, 15) is 0 Å². The lowest BCUT2D eigenvalue weighted by atomic mass is 9.80. The Hall–Kier alpha value is -0.0800. The molecule has 0 aliphatic heterocycles. The SMILES string of the molecule is CCCN(C1CCC(N)CC1)C1CCCC(C2CC2)C1. The zero-order valence-corrected chi connectivity index (χ0v) is 13.4. The Balaban J connectivity index is 1.59. The van der Waals surface area contributed by atoms with Gasteiger partial charge in [0.15, 0.2) is 0 Å². The molecule has 3 aliphatic rings. The smallest absolute Gasteiger partial charge is 0.0101 e. The lowest BCUT2D eigenvalue weighted by molar-refractivity contribution is 0.0598. The maximum Gasteiger partial charge on any atom is 0.0101 e. The molecule has 0 aromatic heterocycles. The van der Waals surface area contributed by atoms with E-state index in [2.05, 4.69) is 11.8 Å². The van der Waals surface area contributed by atoms with E-state index in [4.69, 9.17) is 5.73 Å². The van der Waals surface area contributed by atoms with E-state index >= 15 is 0 Å². The van der Waals surface area contributed by atoms with Gasteiger partial charge in [0.1, 0.15) is 0 Å². The van der Waals surface area contributed by atoms with Crippen LogP contribution >= 0.6 is 0 Å². The van der Waals surface area contributed by atoms with Gasteiger partial charge in [0.2, 0.25) is 0 Å². The number of nitrogens with zero attached hydrogens (tertiary/aromatic N) is 1. The van der Waals surface area contributed by atoms with Crippen molar-refractivity contribution in [2.24, 2.45) is 17.6 Å². The van der Waals surface area contributed by atoms with Crippen LogP contribution in [-0.4, -0.2) is 29.6 Å². The van der Waals surface area contributed by atoms with Gasteiger partial charge in [0, 0.05) is 18.1 Å². The van der Waals surface area contributed by atoms with Gasteiger partial charge in [-0.25, -0.2) is 0 Å². The minimum atomic E-state index is 0.486. The van der Waals surface area contributed by atoms with Crippen molar-refractivity contribution in [3.63, 3.8) is 0 Å². The fourth-order valence-corrected chi connectivity index (χ4v) is 4.85. The molecule has 2 N–H and O–H groups in total. The normalized spacial score (nSPS) is 39.1. The lowest BCUT2D eigenvalue weighted by Gasteiger charge is -2.44. The molecule has 3 rings (SSSR count). The van der Waals surface area contributed by atoms with Crippen LogP contribution in [0.15, 0.2) is 0 Å². The van der Waals surface area contributed by atoms with Gasteiger partial charge in [-0.05, 0) is 76.2 Å². The second-order valence-corrected chi connectivity index (χ2v) is 7.72. The molecule has 2 unspecified atom stereocenters. The van der Waals surface area contributed by atoms with Crippen LogP contribution in [-0.2, 0) is 0 Å². The van der Waals surface area contributed by atoms with Crippen molar-refractivity contribution in [1.82, 2.24) is 4.90 Å². The van der Waals surface area contributed by atoms with Gasteiger partial charge in [0.25, 0.3) is 0 Å². The summed E-state index contributed by atoms with van der Waals surface area (Å²) in [4.78, 5) is 2.92. The summed E-state index contributed by atoms with van der Waals surface area (Å²) >= 11 is 0. The van der Waals surface area contributed by atoms with Crippen LogP contribution in [0.4, 0.5) is 0 Å². The van der Waals surface area contributed by atoms with E-state index in [0.29, 0.717) is 6.04 Å². The van der Waals surface area contributed by atoms with Crippen molar-refractivity contribution in [2.75, 3.05) is 6.54 Å². The van der Waals surface area contributed by atoms with Crippen LogP contribution in [0.25, 0.3) is 0 Å². The van der Waals surface area contributed by atoms with E-state index < -0.39 is 0 Å². The molecule has 0 radical (unpaired) electrons. The highest BCUT2D eigenvalue weighted by atomic mass is 15.2. The van der Waals surface area contributed by atoms with E-state index in [0.717, 1.165) is 23.9 Å². The third-order valence-corrected chi connectivity index (χ3v) is 6.14. The number of hydrogen-bond donors (Lipinski definition) is 1. The molecule has 2 heteroatoms. The predicted octanol–water partition coefficient (Wildman–Crippen LogP) is 3.94. The quantitative estimate of drug-likeness (QED) is 0.825. The standard InChI is InChI=1S/C18H34N2/c1-2-12-20(17-10-8-16(19)9-11-17)18-5-3-4-15(13-18)14-6-7-14/h14-18H,2-13,19H2,1H3. The minimum absolute atomic E-state index is 0.486. The van der Waals surface area contributed by atoms with Gasteiger partial charge in [-0.1, -0.05) is 19.8 Å². The maximum atomic E-state index is 6.10. The van der Waals surface area contributed by atoms with E-state index in [1.807, 2.05) is 0 Å². The molecular formula is C18H34N2. The van der Waals surface area contributed by atoms with Crippen LogP contribution in [0.5, 0.6) is 0 Å². The Kier molecular flexibility index (Phi) is 5.04. The van der Waals surface area contributed by atoms with E-state index in [1.165, 1.54) is 77.2 Å². The fraction of sp³-hybridized carbons (Fsp3) is 1.00. The van der Waals surface area contributed by atoms with Crippen molar-refractivity contribution in [3.8, 4) is 0 Å². The third-order valence-electron chi connectivity index (χ3n) is 6.14. The Morgan fingerprint density at radius 3 is 2.25 bits per heavy atom. The first-order valence-electron chi connectivity index (χ1n) is 9.29. The van der Waals surface area contributed by atoms with Crippen molar-refractivity contribution in [3.05, 3.63) is 0 Å². The Morgan fingerprint density at radius 1 is 0.850 bits per heavy atom. The van der Waals surface area contributed by atoms with Gasteiger partial charge in [-0.15, -0.1) is 0 Å². The van der Waals surface area contributed by atoms with Crippen molar-refractivity contribution in [2.45, 2.75) is 95.7 Å². The van der Waals surface area contributed by atoms with Crippen molar-refractivity contribution >= 4 is 0 Å². The summed E-state index contributed by atoms with van der Waals surface area (Å²) in [6.45, 7) is 3.67. The number of hydrogen-bond acceptors (Lipinski definition) is 2. The Morgan fingerprint density at radius 2 is 1.60 bits per heavy atom. The summed E-state index contributed by atoms with van der Waals surface area (Å²) in [5, 5.41) is 0. The second kappa shape index (κ2) is 6.79. The van der Waals surface area contributed by atoms with Crippen molar-refractivity contribution < 1.29 is 0 Å². The third kappa shape index (κ3) is 3.57. The van der Waals surface area contributed by atoms with Crippen LogP contribution in [0, 0.1) is 11.8 Å². The van der Waals surface area contributed by atoms with Crippen LogP contribution in [0.3, 0.4) is 0 Å². The highest BCUT2D eigenvalue weighted by Gasteiger charge is 2.38. The van der Waals surface area contributed by atoms with Crippen molar-refractivity contribution in [1.29, 1.82) is 0 Å². The summed E-state index contributed by atoms with van der Waals surface area (Å²) in [5.74, 6) is 2.18. The monoisotopic (exact) mass is 278 g/mol. The van der Waals surface area contributed by atoms with Gasteiger partial charge >= 0.3 is 0 Å². The molecule has 20 heavy (non-hydrogen) atoms. The molecule has 0 spiro atoms. The summed E-state index contributed by atoms with van der Waals surface area (Å²) in [6, 6.07) is 2.23. The zero-order chi connectivity index (χ0) is 13.9. The molecule has 0 aromatic rings. The highest BCUT2D eigenvalue weighted by Crippen LogP contribution is 2.45. The second-order valence-electron chi connectivity index (χ2n) is 7.72. The topological polar surface area (TPSA) is 29.3 Å². The highest BCUT2D eigenvalue weighted by molar-refractivity contribution is 4.91. The summed E-state index contributed by atoms with van der Waals surface area (Å²) < 4.78 is 0. The first-order chi connectivity index (χ1) is 9.78. The summed E-state index contributed by atoms with van der Waals surface area (Å²) in [7, 11) is 0. The molecule has 0 heterocycles. The average Bonchev–Trinajstić information content (AvgIpc) is 3.31. The largest absolute Gasteiger partial charge is 0.328 e. The van der Waals surface area contributed by atoms with E-state index in [-0.39, 0.29) is 0 Å².